The van der Waals surface area contributed by atoms with Gasteiger partial charge in [-0.2, -0.15) is 0 Å². The van der Waals surface area contributed by atoms with Crippen LogP contribution in [0.1, 0.15) is 15.2 Å². The van der Waals surface area contributed by atoms with E-state index in [9.17, 15) is 4.79 Å². The standard InChI is InChI=1S/C11H7Cl2NOS2/c12-8-3-1-7(2-4-8)6-16-11-14-10(13)9(5-15)17-11/h1-5H,6H2. The number of carbonyl (C=O) groups is 1. The molecule has 1 aromatic heterocycles. The maximum absolute atomic E-state index is 10.6. The van der Waals surface area contributed by atoms with Gasteiger partial charge in [0.25, 0.3) is 0 Å². The lowest BCUT2D eigenvalue weighted by Crippen LogP contribution is -1.79. The van der Waals surface area contributed by atoms with Crippen molar-refractivity contribution in [1.29, 1.82) is 0 Å². The van der Waals surface area contributed by atoms with E-state index in [1.807, 2.05) is 24.3 Å². The van der Waals surface area contributed by atoms with Gasteiger partial charge >= 0.3 is 0 Å². The van der Waals surface area contributed by atoms with E-state index in [0.29, 0.717) is 4.88 Å². The second-order valence-electron chi connectivity index (χ2n) is 3.17. The summed E-state index contributed by atoms with van der Waals surface area (Å²) in [5.41, 5.74) is 1.15. The van der Waals surface area contributed by atoms with E-state index in [1.165, 1.54) is 11.3 Å². The van der Waals surface area contributed by atoms with Crippen LogP contribution in [0, 0.1) is 0 Å². The van der Waals surface area contributed by atoms with E-state index in [0.717, 1.165) is 27.0 Å². The number of thiazole rings is 1. The Kier molecular flexibility index (Phi) is 4.45. The number of aromatic nitrogens is 1. The lowest BCUT2D eigenvalue weighted by atomic mass is 10.2. The molecule has 1 heterocycles. The van der Waals surface area contributed by atoms with E-state index in [-0.39, 0.29) is 5.15 Å². The third kappa shape index (κ3) is 3.45. The van der Waals surface area contributed by atoms with Crippen molar-refractivity contribution in [2.75, 3.05) is 0 Å². The van der Waals surface area contributed by atoms with Gasteiger partial charge in [-0.3, -0.25) is 4.79 Å². The zero-order valence-electron chi connectivity index (χ0n) is 8.52. The lowest BCUT2D eigenvalue weighted by Gasteiger charge is -1.98. The first-order valence-corrected chi connectivity index (χ1v) is 7.23. The summed E-state index contributed by atoms with van der Waals surface area (Å²) in [7, 11) is 0. The van der Waals surface area contributed by atoms with Crippen LogP contribution in [-0.2, 0) is 5.75 Å². The van der Waals surface area contributed by atoms with Crippen LogP contribution < -0.4 is 0 Å². The molecule has 0 saturated heterocycles. The van der Waals surface area contributed by atoms with Crippen molar-refractivity contribution in [3.05, 3.63) is 44.9 Å². The molecule has 17 heavy (non-hydrogen) atoms. The Bertz CT molecular complexity index is 525. The third-order valence-corrected chi connectivity index (χ3v) is 4.82. The molecule has 2 rings (SSSR count). The molecule has 0 atom stereocenters. The summed E-state index contributed by atoms with van der Waals surface area (Å²) in [4.78, 5) is 15.2. The first kappa shape index (κ1) is 12.9. The van der Waals surface area contributed by atoms with Crippen LogP contribution >= 0.6 is 46.3 Å². The average molecular weight is 304 g/mol. The van der Waals surface area contributed by atoms with Crippen LogP contribution in [0.25, 0.3) is 0 Å². The van der Waals surface area contributed by atoms with Gasteiger partial charge in [-0.15, -0.1) is 11.3 Å². The van der Waals surface area contributed by atoms with Crippen molar-refractivity contribution < 1.29 is 4.79 Å². The SMILES string of the molecule is O=Cc1sc(SCc2ccc(Cl)cc2)nc1Cl. The van der Waals surface area contributed by atoms with Gasteiger partial charge in [-0.1, -0.05) is 47.1 Å². The normalized spacial score (nSPS) is 10.5. The zero-order valence-corrected chi connectivity index (χ0v) is 11.7. The monoisotopic (exact) mass is 303 g/mol. The average Bonchev–Trinajstić information content (AvgIpc) is 2.69. The number of nitrogens with zero attached hydrogens (tertiary/aromatic N) is 1. The Hall–Kier alpha value is -0.550. The molecule has 0 amide bonds. The van der Waals surface area contributed by atoms with Crippen molar-refractivity contribution in [3.63, 3.8) is 0 Å². The quantitative estimate of drug-likeness (QED) is 0.613. The fourth-order valence-electron chi connectivity index (χ4n) is 1.15. The molecule has 2 aromatic rings. The van der Waals surface area contributed by atoms with E-state index in [2.05, 4.69) is 4.98 Å². The predicted molar refractivity (Wildman–Crippen MR) is 73.5 cm³/mol. The molecule has 0 fully saturated rings. The Morgan fingerprint density at radius 1 is 1.29 bits per heavy atom. The molecule has 0 spiro atoms. The maximum Gasteiger partial charge on any atom is 0.163 e. The van der Waals surface area contributed by atoms with Gasteiger partial charge in [-0.25, -0.2) is 4.98 Å². The second kappa shape index (κ2) is 5.87. The number of carbonyl (C=O) groups excluding carboxylic acids is 1. The first-order valence-electron chi connectivity index (χ1n) is 4.68. The summed E-state index contributed by atoms with van der Waals surface area (Å²) >= 11 is 14.4. The third-order valence-electron chi connectivity index (χ3n) is 1.97. The molecule has 0 unspecified atom stereocenters. The van der Waals surface area contributed by atoms with E-state index in [1.54, 1.807) is 11.8 Å². The minimum atomic E-state index is 0.281. The lowest BCUT2D eigenvalue weighted by molar-refractivity contribution is 0.112. The van der Waals surface area contributed by atoms with Crippen LogP contribution in [-0.4, -0.2) is 11.3 Å². The minimum absolute atomic E-state index is 0.281. The fraction of sp³-hybridized carbons (Fsp3) is 0.0909. The van der Waals surface area contributed by atoms with Gasteiger partial charge in [0.15, 0.2) is 15.8 Å². The Morgan fingerprint density at radius 3 is 2.59 bits per heavy atom. The minimum Gasteiger partial charge on any atom is -0.297 e. The van der Waals surface area contributed by atoms with E-state index < -0.39 is 0 Å². The number of aldehydes is 1. The molecule has 0 aliphatic heterocycles. The topological polar surface area (TPSA) is 30.0 Å². The molecule has 88 valence electrons. The van der Waals surface area contributed by atoms with Crippen molar-refractivity contribution in [3.8, 4) is 0 Å². The fourth-order valence-corrected chi connectivity index (χ4v) is 3.45. The molecule has 0 aliphatic carbocycles. The molecule has 0 saturated carbocycles. The Morgan fingerprint density at radius 2 is 2.00 bits per heavy atom. The van der Waals surface area contributed by atoms with Crippen LogP contribution in [0.4, 0.5) is 0 Å². The van der Waals surface area contributed by atoms with Gasteiger partial charge in [0.05, 0.1) is 0 Å². The molecule has 0 aliphatic rings. The first-order chi connectivity index (χ1) is 8.19. The molecule has 0 bridgehead atoms. The summed E-state index contributed by atoms with van der Waals surface area (Å²) < 4.78 is 0.798. The highest BCUT2D eigenvalue weighted by atomic mass is 35.5. The molecule has 6 heteroatoms. The van der Waals surface area contributed by atoms with Crippen LogP contribution in [0.2, 0.25) is 10.2 Å². The second-order valence-corrected chi connectivity index (χ2v) is 6.22. The Labute approximate surface area is 117 Å². The highest BCUT2D eigenvalue weighted by molar-refractivity contribution is 8.00. The van der Waals surface area contributed by atoms with Gasteiger partial charge < -0.3 is 0 Å². The van der Waals surface area contributed by atoms with E-state index >= 15 is 0 Å². The van der Waals surface area contributed by atoms with Gasteiger partial charge in [0, 0.05) is 10.8 Å². The number of benzene rings is 1. The summed E-state index contributed by atoms with van der Waals surface area (Å²) in [6.07, 6.45) is 0.729. The predicted octanol–water partition coefficient (Wildman–Crippen LogP) is 4.55. The summed E-state index contributed by atoms with van der Waals surface area (Å²) in [5.74, 6) is 0.777. The highest BCUT2D eigenvalue weighted by Crippen LogP contribution is 2.31. The molecule has 0 N–H and O–H groups in total. The molecular formula is C11H7Cl2NOS2. The van der Waals surface area contributed by atoms with Crippen molar-refractivity contribution >= 4 is 52.6 Å². The summed E-state index contributed by atoms with van der Waals surface area (Å²) in [6, 6.07) is 7.63. The zero-order chi connectivity index (χ0) is 12.3. The van der Waals surface area contributed by atoms with Gasteiger partial charge in [0.2, 0.25) is 0 Å². The number of hydrogen-bond donors (Lipinski definition) is 0. The molecule has 0 radical (unpaired) electrons. The summed E-state index contributed by atoms with van der Waals surface area (Å²) in [5, 5.41) is 1.00. The number of hydrogen-bond acceptors (Lipinski definition) is 4. The summed E-state index contributed by atoms with van der Waals surface area (Å²) in [6.45, 7) is 0. The maximum atomic E-state index is 10.6. The molecule has 2 nitrogen and oxygen atoms in total. The number of halogens is 2. The molecular weight excluding hydrogens is 297 g/mol. The highest BCUT2D eigenvalue weighted by Gasteiger charge is 2.08. The van der Waals surface area contributed by atoms with Gasteiger partial charge in [-0.05, 0) is 17.7 Å². The van der Waals surface area contributed by atoms with Crippen molar-refractivity contribution in [2.24, 2.45) is 0 Å². The number of rotatable bonds is 4. The van der Waals surface area contributed by atoms with Crippen LogP contribution in [0.5, 0.6) is 0 Å². The smallest absolute Gasteiger partial charge is 0.163 e. The molecule has 1 aromatic carbocycles. The van der Waals surface area contributed by atoms with Crippen molar-refractivity contribution in [1.82, 2.24) is 4.98 Å². The van der Waals surface area contributed by atoms with Crippen LogP contribution in [0.3, 0.4) is 0 Å². The largest absolute Gasteiger partial charge is 0.297 e. The van der Waals surface area contributed by atoms with Crippen LogP contribution in [0.15, 0.2) is 28.6 Å². The van der Waals surface area contributed by atoms with E-state index in [4.69, 9.17) is 23.2 Å². The van der Waals surface area contributed by atoms with Gasteiger partial charge in [0.1, 0.15) is 4.88 Å². The van der Waals surface area contributed by atoms with Crippen molar-refractivity contribution in [2.45, 2.75) is 10.1 Å². The Balaban J connectivity index is 2.02. The number of thioether (sulfide) groups is 1.